The molecule has 1 aromatic rings. The van der Waals surface area contributed by atoms with Crippen molar-refractivity contribution in [3.63, 3.8) is 0 Å². The first kappa shape index (κ1) is 17.3. The van der Waals surface area contributed by atoms with Gasteiger partial charge in [0.05, 0.1) is 0 Å². The van der Waals surface area contributed by atoms with Crippen LogP contribution in [0.3, 0.4) is 0 Å². The molecular formula is C18H25F2N3O. The minimum absolute atomic E-state index is 0.113. The number of nitrogens with zero attached hydrogens (tertiary/aromatic N) is 2. The summed E-state index contributed by atoms with van der Waals surface area (Å²) < 4.78 is 26.7. The number of halogens is 2. The maximum atomic E-state index is 13.5. The summed E-state index contributed by atoms with van der Waals surface area (Å²) in [5, 5.41) is 3.33. The summed E-state index contributed by atoms with van der Waals surface area (Å²) in [6.07, 6.45) is 4.39. The van der Waals surface area contributed by atoms with Gasteiger partial charge in [-0.15, -0.1) is 0 Å². The van der Waals surface area contributed by atoms with Gasteiger partial charge >= 0.3 is 0 Å². The molecule has 2 fully saturated rings. The molecule has 1 atom stereocenters. The molecule has 0 bridgehead atoms. The predicted molar refractivity (Wildman–Crippen MR) is 89.0 cm³/mol. The van der Waals surface area contributed by atoms with E-state index < -0.39 is 11.6 Å². The van der Waals surface area contributed by atoms with Gasteiger partial charge in [-0.05, 0) is 63.5 Å². The average molecular weight is 337 g/mol. The van der Waals surface area contributed by atoms with Gasteiger partial charge in [0, 0.05) is 31.2 Å². The van der Waals surface area contributed by atoms with E-state index >= 15 is 0 Å². The van der Waals surface area contributed by atoms with Crippen LogP contribution in [0, 0.1) is 11.6 Å². The van der Waals surface area contributed by atoms with Crippen LogP contribution in [0.1, 0.15) is 36.0 Å². The monoisotopic (exact) mass is 337 g/mol. The fraction of sp³-hybridized carbons (Fsp3) is 0.611. The van der Waals surface area contributed by atoms with Crippen molar-refractivity contribution in [1.29, 1.82) is 0 Å². The topological polar surface area (TPSA) is 35.6 Å². The molecule has 0 aromatic heterocycles. The zero-order valence-corrected chi connectivity index (χ0v) is 13.9. The fourth-order valence-electron chi connectivity index (χ4n) is 3.60. The van der Waals surface area contributed by atoms with E-state index in [9.17, 15) is 13.6 Å². The predicted octanol–water partition coefficient (Wildman–Crippen LogP) is 2.25. The van der Waals surface area contributed by atoms with E-state index in [-0.39, 0.29) is 17.5 Å². The lowest BCUT2D eigenvalue weighted by Gasteiger charge is -2.36. The molecule has 6 heteroatoms. The maximum absolute atomic E-state index is 13.5. The lowest BCUT2D eigenvalue weighted by atomic mass is 10.0. The van der Waals surface area contributed by atoms with Crippen molar-refractivity contribution in [3.8, 4) is 0 Å². The quantitative estimate of drug-likeness (QED) is 0.895. The average Bonchev–Trinajstić information content (AvgIpc) is 3.12. The van der Waals surface area contributed by atoms with Crippen molar-refractivity contribution in [1.82, 2.24) is 15.1 Å². The van der Waals surface area contributed by atoms with Crippen LogP contribution in [0.2, 0.25) is 0 Å². The summed E-state index contributed by atoms with van der Waals surface area (Å²) in [5.74, 6) is -2.10. The van der Waals surface area contributed by atoms with Crippen LogP contribution in [0.25, 0.3) is 0 Å². The fourth-order valence-corrected chi connectivity index (χ4v) is 3.60. The smallest absolute Gasteiger partial charge is 0.254 e. The molecule has 0 saturated carbocycles. The number of benzene rings is 1. The van der Waals surface area contributed by atoms with Crippen molar-refractivity contribution in [3.05, 3.63) is 35.4 Å². The molecule has 1 aromatic carbocycles. The van der Waals surface area contributed by atoms with Crippen molar-refractivity contribution in [2.24, 2.45) is 0 Å². The van der Waals surface area contributed by atoms with Gasteiger partial charge in [-0.2, -0.15) is 0 Å². The number of hydrogen-bond donors (Lipinski definition) is 1. The highest BCUT2D eigenvalue weighted by Crippen LogP contribution is 2.17. The molecule has 1 unspecified atom stereocenters. The Labute approximate surface area is 141 Å². The van der Waals surface area contributed by atoms with E-state index in [4.69, 9.17) is 0 Å². The van der Waals surface area contributed by atoms with Crippen LogP contribution < -0.4 is 5.32 Å². The Morgan fingerprint density at radius 1 is 1.21 bits per heavy atom. The molecule has 132 valence electrons. The molecule has 2 saturated heterocycles. The van der Waals surface area contributed by atoms with Crippen molar-refractivity contribution < 1.29 is 13.6 Å². The first-order chi connectivity index (χ1) is 11.6. The van der Waals surface area contributed by atoms with Gasteiger partial charge in [-0.1, -0.05) is 0 Å². The Kier molecular flexibility index (Phi) is 5.79. The SMILES string of the molecule is O=C(c1ccc(F)c(F)c1)N(CCN1CCCC1)C1CCCNC1. The zero-order chi connectivity index (χ0) is 16.9. The normalized spacial score (nSPS) is 21.8. The van der Waals surface area contributed by atoms with Gasteiger partial charge in [0.15, 0.2) is 11.6 Å². The first-order valence-electron chi connectivity index (χ1n) is 8.84. The lowest BCUT2D eigenvalue weighted by molar-refractivity contribution is 0.0626. The molecular weight excluding hydrogens is 312 g/mol. The molecule has 1 amide bonds. The summed E-state index contributed by atoms with van der Waals surface area (Å²) in [4.78, 5) is 17.1. The highest BCUT2D eigenvalue weighted by molar-refractivity contribution is 5.94. The summed E-state index contributed by atoms with van der Waals surface area (Å²) in [6, 6.07) is 3.53. The van der Waals surface area contributed by atoms with E-state index in [1.54, 1.807) is 0 Å². The third-order valence-electron chi connectivity index (χ3n) is 4.99. The minimum atomic E-state index is -0.970. The Bertz CT molecular complexity index is 569. The molecule has 2 heterocycles. The molecule has 24 heavy (non-hydrogen) atoms. The Balaban J connectivity index is 1.73. The van der Waals surface area contributed by atoms with Crippen LogP contribution in [-0.2, 0) is 0 Å². The van der Waals surface area contributed by atoms with Gasteiger partial charge in [0.2, 0.25) is 0 Å². The summed E-state index contributed by atoms with van der Waals surface area (Å²) in [7, 11) is 0. The van der Waals surface area contributed by atoms with Gasteiger partial charge in [0.25, 0.3) is 5.91 Å². The van der Waals surface area contributed by atoms with Crippen LogP contribution in [0.4, 0.5) is 8.78 Å². The van der Waals surface area contributed by atoms with E-state index in [2.05, 4.69) is 10.2 Å². The van der Waals surface area contributed by atoms with E-state index in [0.717, 1.165) is 57.7 Å². The largest absolute Gasteiger partial charge is 0.333 e. The number of piperidine rings is 1. The van der Waals surface area contributed by atoms with Gasteiger partial charge in [-0.25, -0.2) is 8.78 Å². The number of likely N-dealkylation sites (tertiary alicyclic amines) is 1. The van der Waals surface area contributed by atoms with E-state index in [1.165, 1.54) is 18.9 Å². The molecule has 4 nitrogen and oxygen atoms in total. The van der Waals surface area contributed by atoms with Gasteiger partial charge in [0.1, 0.15) is 0 Å². The van der Waals surface area contributed by atoms with Crippen molar-refractivity contribution in [2.45, 2.75) is 31.7 Å². The molecule has 0 aliphatic carbocycles. The highest BCUT2D eigenvalue weighted by atomic mass is 19.2. The van der Waals surface area contributed by atoms with E-state index in [1.807, 2.05) is 4.90 Å². The minimum Gasteiger partial charge on any atom is -0.333 e. The van der Waals surface area contributed by atoms with Crippen molar-refractivity contribution in [2.75, 3.05) is 39.3 Å². The first-order valence-corrected chi connectivity index (χ1v) is 8.84. The second-order valence-electron chi connectivity index (χ2n) is 6.68. The third kappa shape index (κ3) is 4.11. The molecule has 3 rings (SSSR count). The number of carbonyl (C=O) groups excluding carboxylic acids is 1. The van der Waals surface area contributed by atoms with Crippen molar-refractivity contribution >= 4 is 5.91 Å². The zero-order valence-electron chi connectivity index (χ0n) is 13.9. The highest BCUT2D eigenvalue weighted by Gasteiger charge is 2.27. The third-order valence-corrected chi connectivity index (χ3v) is 4.99. The number of hydrogen-bond acceptors (Lipinski definition) is 3. The molecule has 0 radical (unpaired) electrons. The number of amides is 1. The molecule has 1 N–H and O–H groups in total. The molecule has 2 aliphatic heterocycles. The van der Waals surface area contributed by atoms with Crippen LogP contribution in [0.5, 0.6) is 0 Å². The second kappa shape index (κ2) is 8.03. The van der Waals surface area contributed by atoms with E-state index in [0.29, 0.717) is 6.54 Å². The van der Waals surface area contributed by atoms with Gasteiger partial charge < -0.3 is 15.1 Å². The Morgan fingerprint density at radius 3 is 2.67 bits per heavy atom. The standard InChI is InChI=1S/C18H25F2N3O/c19-16-6-5-14(12-17(16)20)18(24)23(15-4-3-7-21-13-15)11-10-22-8-1-2-9-22/h5-6,12,15,21H,1-4,7-11,13H2. The lowest BCUT2D eigenvalue weighted by Crippen LogP contribution is -2.50. The van der Waals surface area contributed by atoms with Crippen LogP contribution in [0.15, 0.2) is 18.2 Å². The number of rotatable bonds is 5. The van der Waals surface area contributed by atoms with Crippen LogP contribution >= 0.6 is 0 Å². The molecule has 2 aliphatic rings. The number of carbonyl (C=O) groups is 1. The maximum Gasteiger partial charge on any atom is 0.254 e. The van der Waals surface area contributed by atoms with Crippen LogP contribution in [-0.4, -0.2) is 61.0 Å². The molecule has 0 spiro atoms. The Hall–Kier alpha value is -1.53. The Morgan fingerprint density at radius 2 is 2.00 bits per heavy atom. The summed E-state index contributed by atoms with van der Waals surface area (Å²) in [5.41, 5.74) is 0.223. The number of nitrogens with one attached hydrogen (secondary N) is 1. The summed E-state index contributed by atoms with van der Waals surface area (Å²) >= 11 is 0. The van der Waals surface area contributed by atoms with Gasteiger partial charge in [-0.3, -0.25) is 4.79 Å². The summed E-state index contributed by atoms with van der Waals surface area (Å²) in [6.45, 7) is 5.35. The second-order valence-corrected chi connectivity index (χ2v) is 6.68.